The van der Waals surface area contributed by atoms with Gasteiger partial charge in [0.25, 0.3) is 5.91 Å². The summed E-state index contributed by atoms with van der Waals surface area (Å²) in [5, 5.41) is 7.36. The maximum Gasteiger partial charge on any atom is 0.253 e. The fourth-order valence-electron chi connectivity index (χ4n) is 3.64. The highest BCUT2D eigenvalue weighted by Gasteiger charge is 2.26. The summed E-state index contributed by atoms with van der Waals surface area (Å²) in [7, 11) is 0. The van der Waals surface area contributed by atoms with Crippen LogP contribution in [0.5, 0.6) is 0 Å². The van der Waals surface area contributed by atoms with Gasteiger partial charge < -0.3 is 14.7 Å². The summed E-state index contributed by atoms with van der Waals surface area (Å²) in [6.07, 6.45) is 1.20. The van der Waals surface area contributed by atoms with E-state index in [1.165, 1.54) is 6.42 Å². The molecule has 3 rings (SSSR count). The highest BCUT2D eigenvalue weighted by Crippen LogP contribution is 2.24. The summed E-state index contributed by atoms with van der Waals surface area (Å²) >= 11 is 0. The molecule has 0 unspecified atom stereocenters. The molecule has 1 fully saturated rings. The smallest absolute Gasteiger partial charge is 0.253 e. The van der Waals surface area contributed by atoms with E-state index in [1.807, 2.05) is 43.0 Å². The number of hydrogen-bond acceptors (Lipinski definition) is 4. The Morgan fingerprint density at radius 1 is 1.24 bits per heavy atom. The van der Waals surface area contributed by atoms with Crippen LogP contribution in [-0.4, -0.2) is 29.1 Å². The van der Waals surface area contributed by atoms with E-state index in [1.54, 1.807) is 0 Å². The third-order valence-corrected chi connectivity index (χ3v) is 4.78. The number of aromatic nitrogens is 1. The highest BCUT2D eigenvalue weighted by molar-refractivity contribution is 5.95. The zero-order valence-corrected chi connectivity index (χ0v) is 15.5. The van der Waals surface area contributed by atoms with Crippen molar-refractivity contribution in [3.05, 3.63) is 46.8 Å². The Bertz CT molecular complexity index is 743. The van der Waals surface area contributed by atoms with E-state index < -0.39 is 0 Å². The summed E-state index contributed by atoms with van der Waals surface area (Å²) in [5.41, 5.74) is 3.67. The first-order valence-corrected chi connectivity index (χ1v) is 8.98. The van der Waals surface area contributed by atoms with Gasteiger partial charge in [0.1, 0.15) is 11.5 Å². The normalized spacial score (nSPS) is 20.6. The molecule has 1 aromatic carbocycles. The Morgan fingerprint density at radius 3 is 2.60 bits per heavy atom. The molecule has 0 saturated carbocycles. The molecular weight excluding hydrogens is 314 g/mol. The average Bonchev–Trinajstić information content (AvgIpc) is 2.98. The summed E-state index contributed by atoms with van der Waals surface area (Å²) < 4.78 is 5.09. The van der Waals surface area contributed by atoms with Crippen molar-refractivity contribution in [3.63, 3.8) is 0 Å². The molecule has 134 valence electrons. The molecular formula is C20H27N3O2. The predicted octanol–water partition coefficient (Wildman–Crippen LogP) is 4.02. The Labute approximate surface area is 149 Å². The van der Waals surface area contributed by atoms with Crippen LogP contribution in [0.4, 0.5) is 5.69 Å². The second-order valence-electron chi connectivity index (χ2n) is 7.47. The number of nitrogens with one attached hydrogen (secondary N) is 1. The van der Waals surface area contributed by atoms with Crippen molar-refractivity contribution in [2.75, 3.05) is 18.4 Å². The molecule has 2 aromatic rings. The van der Waals surface area contributed by atoms with Gasteiger partial charge in [-0.3, -0.25) is 4.79 Å². The Balaban J connectivity index is 1.72. The summed E-state index contributed by atoms with van der Waals surface area (Å²) in [6, 6.07) is 7.79. The van der Waals surface area contributed by atoms with Crippen LogP contribution in [0.2, 0.25) is 0 Å². The summed E-state index contributed by atoms with van der Waals surface area (Å²) in [5.74, 6) is 2.04. The number of aryl methyl sites for hydroxylation is 2. The minimum atomic E-state index is 0.124. The number of likely N-dealkylation sites (tertiary alicyclic amines) is 1. The van der Waals surface area contributed by atoms with Crippen LogP contribution in [-0.2, 0) is 6.54 Å². The van der Waals surface area contributed by atoms with Gasteiger partial charge in [-0.2, -0.15) is 0 Å². The number of benzene rings is 1. The SMILES string of the molecule is Cc1cc(CNc2cc(C(=O)N3C[C@H](C)C[C@H](C)C3)ccc2C)no1. The standard InChI is InChI=1S/C20H27N3O2/c1-13-7-14(2)12-23(11-13)20(24)17-6-5-15(3)19(9-17)21-10-18-8-16(4)25-22-18/h5-6,8-9,13-14,21H,7,10-12H2,1-4H3/t13-,14+. The lowest BCUT2D eigenvalue weighted by Crippen LogP contribution is -2.42. The van der Waals surface area contributed by atoms with Crippen LogP contribution in [0.15, 0.2) is 28.8 Å². The third-order valence-electron chi connectivity index (χ3n) is 4.78. The number of amides is 1. The second kappa shape index (κ2) is 7.30. The lowest BCUT2D eigenvalue weighted by Gasteiger charge is -2.35. The predicted molar refractivity (Wildman–Crippen MR) is 98.6 cm³/mol. The quantitative estimate of drug-likeness (QED) is 0.912. The van der Waals surface area contributed by atoms with Gasteiger partial charge >= 0.3 is 0 Å². The van der Waals surface area contributed by atoms with Crippen molar-refractivity contribution < 1.29 is 9.32 Å². The van der Waals surface area contributed by atoms with Gasteiger partial charge in [-0.05, 0) is 49.8 Å². The first kappa shape index (κ1) is 17.5. The van der Waals surface area contributed by atoms with E-state index in [0.29, 0.717) is 18.4 Å². The van der Waals surface area contributed by atoms with E-state index in [9.17, 15) is 4.79 Å². The minimum absolute atomic E-state index is 0.124. The van der Waals surface area contributed by atoms with Gasteiger partial charge in [-0.25, -0.2) is 0 Å². The van der Waals surface area contributed by atoms with E-state index in [0.717, 1.165) is 41.4 Å². The topological polar surface area (TPSA) is 58.4 Å². The van der Waals surface area contributed by atoms with Crippen molar-refractivity contribution in [3.8, 4) is 0 Å². The van der Waals surface area contributed by atoms with Crippen LogP contribution in [0.25, 0.3) is 0 Å². The molecule has 1 aliphatic rings. The Morgan fingerprint density at radius 2 is 1.96 bits per heavy atom. The summed E-state index contributed by atoms with van der Waals surface area (Å²) in [4.78, 5) is 14.9. The van der Waals surface area contributed by atoms with E-state index in [4.69, 9.17) is 4.52 Å². The Kier molecular flexibility index (Phi) is 5.11. The van der Waals surface area contributed by atoms with Crippen molar-refractivity contribution >= 4 is 11.6 Å². The van der Waals surface area contributed by atoms with E-state index >= 15 is 0 Å². The van der Waals surface area contributed by atoms with Crippen molar-refractivity contribution in [2.24, 2.45) is 11.8 Å². The second-order valence-corrected chi connectivity index (χ2v) is 7.47. The van der Waals surface area contributed by atoms with Crippen LogP contribution < -0.4 is 5.32 Å². The zero-order chi connectivity index (χ0) is 18.0. The van der Waals surface area contributed by atoms with Crippen LogP contribution in [0.3, 0.4) is 0 Å². The van der Waals surface area contributed by atoms with Gasteiger partial charge in [-0.1, -0.05) is 25.1 Å². The fraction of sp³-hybridized carbons (Fsp3) is 0.500. The number of carbonyl (C=O) groups excluding carboxylic acids is 1. The molecule has 0 radical (unpaired) electrons. The van der Waals surface area contributed by atoms with Crippen LogP contribution in [0, 0.1) is 25.7 Å². The molecule has 0 bridgehead atoms. The molecule has 1 saturated heterocycles. The molecule has 5 nitrogen and oxygen atoms in total. The van der Waals surface area contributed by atoms with Gasteiger partial charge in [0.2, 0.25) is 0 Å². The van der Waals surface area contributed by atoms with Crippen molar-refractivity contribution in [1.29, 1.82) is 0 Å². The van der Waals surface area contributed by atoms with Gasteiger partial charge in [0, 0.05) is 30.4 Å². The maximum absolute atomic E-state index is 12.9. The fourth-order valence-corrected chi connectivity index (χ4v) is 3.64. The average molecular weight is 341 g/mol. The monoisotopic (exact) mass is 341 g/mol. The summed E-state index contributed by atoms with van der Waals surface area (Å²) in [6.45, 7) is 10.6. The molecule has 0 aliphatic carbocycles. The van der Waals surface area contributed by atoms with Crippen molar-refractivity contribution in [1.82, 2.24) is 10.1 Å². The zero-order valence-electron chi connectivity index (χ0n) is 15.5. The molecule has 1 N–H and O–H groups in total. The van der Waals surface area contributed by atoms with Gasteiger partial charge in [0.15, 0.2) is 0 Å². The Hall–Kier alpha value is -2.30. The largest absolute Gasteiger partial charge is 0.379 e. The minimum Gasteiger partial charge on any atom is -0.379 e. The van der Waals surface area contributed by atoms with Crippen LogP contribution in [0.1, 0.15) is 47.6 Å². The molecule has 5 heteroatoms. The first-order valence-electron chi connectivity index (χ1n) is 8.98. The van der Waals surface area contributed by atoms with E-state index in [-0.39, 0.29) is 5.91 Å². The number of hydrogen-bond donors (Lipinski definition) is 1. The van der Waals surface area contributed by atoms with Gasteiger partial charge in [0.05, 0.1) is 6.54 Å². The number of carbonyl (C=O) groups is 1. The van der Waals surface area contributed by atoms with Gasteiger partial charge in [-0.15, -0.1) is 0 Å². The molecule has 2 atom stereocenters. The number of piperidine rings is 1. The lowest BCUT2D eigenvalue weighted by atomic mass is 9.91. The molecule has 1 aliphatic heterocycles. The van der Waals surface area contributed by atoms with Crippen LogP contribution >= 0.6 is 0 Å². The number of anilines is 1. The molecule has 0 spiro atoms. The number of nitrogens with zero attached hydrogens (tertiary/aromatic N) is 2. The van der Waals surface area contributed by atoms with Crippen molar-refractivity contribution in [2.45, 2.75) is 40.7 Å². The molecule has 1 amide bonds. The first-order chi connectivity index (χ1) is 11.9. The molecule has 2 heterocycles. The maximum atomic E-state index is 12.9. The highest BCUT2D eigenvalue weighted by atomic mass is 16.5. The lowest BCUT2D eigenvalue weighted by molar-refractivity contribution is 0.0623. The molecule has 1 aromatic heterocycles. The third kappa shape index (κ3) is 4.21. The number of rotatable bonds is 4. The van der Waals surface area contributed by atoms with E-state index in [2.05, 4.69) is 24.3 Å². The molecule has 25 heavy (non-hydrogen) atoms.